The van der Waals surface area contributed by atoms with Crippen LogP contribution in [-0.4, -0.2) is 22.5 Å². The highest BCUT2D eigenvalue weighted by Gasteiger charge is 2.24. The highest BCUT2D eigenvalue weighted by molar-refractivity contribution is 5.98. The van der Waals surface area contributed by atoms with E-state index in [2.05, 4.69) is 11.1 Å². The van der Waals surface area contributed by atoms with Crippen molar-refractivity contribution in [1.82, 2.24) is 9.38 Å². The first-order valence-electron chi connectivity index (χ1n) is 5.79. The summed E-state index contributed by atoms with van der Waals surface area (Å²) in [5, 5.41) is 9.31. The van der Waals surface area contributed by atoms with Crippen molar-refractivity contribution in [2.24, 2.45) is 0 Å². The van der Waals surface area contributed by atoms with Gasteiger partial charge in [-0.3, -0.25) is 4.40 Å². The number of aryl methyl sites for hydroxylation is 1. The summed E-state index contributed by atoms with van der Waals surface area (Å²) in [6, 6.07) is 9.79. The zero-order chi connectivity index (χ0) is 13.6. The number of methoxy groups -OCH3 is 1. The second-order valence-corrected chi connectivity index (χ2v) is 4.26. The Labute approximate surface area is 109 Å². The summed E-state index contributed by atoms with van der Waals surface area (Å²) in [6.07, 6.45) is 0. The first-order valence-corrected chi connectivity index (χ1v) is 5.79. The molecule has 0 aliphatic heterocycles. The van der Waals surface area contributed by atoms with Crippen molar-refractivity contribution in [1.29, 1.82) is 5.26 Å². The Morgan fingerprint density at radius 1 is 1.42 bits per heavy atom. The summed E-state index contributed by atoms with van der Waals surface area (Å²) in [7, 11) is 1.31. The fourth-order valence-electron chi connectivity index (χ4n) is 2.47. The minimum absolute atomic E-state index is 0.320. The standard InChI is InChI=1S/C14H11N3O2/c1-8-12(14(18)19-2)9(7-15)13-16-10-5-3-4-6-11(10)17(8)13/h3-6,16H,1-2H3. The minimum Gasteiger partial charge on any atom is -0.465 e. The minimum atomic E-state index is -0.491. The summed E-state index contributed by atoms with van der Waals surface area (Å²) in [4.78, 5) is 15.0. The summed E-state index contributed by atoms with van der Waals surface area (Å²) in [5.41, 5.74) is 3.83. The van der Waals surface area contributed by atoms with Crippen molar-refractivity contribution >= 4 is 22.6 Å². The van der Waals surface area contributed by atoms with Crippen LogP contribution in [0.2, 0.25) is 0 Å². The molecule has 1 N–H and O–H groups in total. The highest BCUT2D eigenvalue weighted by atomic mass is 16.5. The van der Waals surface area contributed by atoms with Crippen LogP contribution in [0.3, 0.4) is 0 Å². The molecule has 0 bridgehead atoms. The average Bonchev–Trinajstić information content (AvgIpc) is 2.93. The molecule has 0 unspecified atom stereocenters. The third-order valence-corrected chi connectivity index (χ3v) is 3.31. The number of carbonyl (C=O) groups is 1. The van der Waals surface area contributed by atoms with Crippen molar-refractivity contribution in [2.75, 3.05) is 7.11 Å². The Hall–Kier alpha value is -2.74. The lowest BCUT2D eigenvalue weighted by atomic mass is 10.1. The zero-order valence-corrected chi connectivity index (χ0v) is 10.5. The smallest absolute Gasteiger partial charge is 0.341 e. The first kappa shape index (κ1) is 11.4. The van der Waals surface area contributed by atoms with Crippen LogP contribution in [0.25, 0.3) is 16.7 Å². The number of esters is 1. The summed E-state index contributed by atoms with van der Waals surface area (Å²) < 4.78 is 6.63. The van der Waals surface area contributed by atoms with E-state index >= 15 is 0 Å². The SMILES string of the molecule is COC(=O)c1c(C#N)c2[nH]c3ccccc3n2c1C. The van der Waals surface area contributed by atoms with Gasteiger partial charge in [0, 0.05) is 5.69 Å². The number of hydrogen-bond acceptors (Lipinski definition) is 3. The van der Waals surface area contributed by atoms with Gasteiger partial charge < -0.3 is 9.72 Å². The Morgan fingerprint density at radius 2 is 2.16 bits per heavy atom. The van der Waals surface area contributed by atoms with Gasteiger partial charge in [-0.2, -0.15) is 5.26 Å². The monoisotopic (exact) mass is 253 g/mol. The molecule has 0 atom stereocenters. The van der Waals surface area contributed by atoms with Gasteiger partial charge in [0.25, 0.3) is 0 Å². The fraction of sp³-hybridized carbons (Fsp3) is 0.143. The lowest BCUT2D eigenvalue weighted by molar-refractivity contribution is 0.0599. The molecule has 94 valence electrons. The molecular formula is C14H11N3O2. The second kappa shape index (κ2) is 3.89. The molecule has 0 amide bonds. The number of imidazole rings is 1. The van der Waals surface area contributed by atoms with Gasteiger partial charge >= 0.3 is 5.97 Å². The van der Waals surface area contributed by atoms with E-state index in [0.717, 1.165) is 11.0 Å². The molecule has 2 aromatic heterocycles. The number of aromatic nitrogens is 2. The summed E-state index contributed by atoms with van der Waals surface area (Å²) in [6.45, 7) is 1.81. The van der Waals surface area contributed by atoms with Gasteiger partial charge in [-0.25, -0.2) is 4.79 Å². The number of carbonyl (C=O) groups excluding carboxylic acids is 1. The molecule has 3 aromatic rings. The van der Waals surface area contributed by atoms with Crippen LogP contribution in [0.1, 0.15) is 21.6 Å². The topological polar surface area (TPSA) is 70.3 Å². The molecule has 19 heavy (non-hydrogen) atoms. The molecular weight excluding hydrogens is 242 g/mol. The van der Waals surface area contributed by atoms with E-state index in [0.29, 0.717) is 22.5 Å². The van der Waals surface area contributed by atoms with Gasteiger partial charge in [0.15, 0.2) is 0 Å². The van der Waals surface area contributed by atoms with Crippen LogP contribution < -0.4 is 0 Å². The molecule has 0 aliphatic carbocycles. The van der Waals surface area contributed by atoms with E-state index in [9.17, 15) is 10.1 Å². The third-order valence-electron chi connectivity index (χ3n) is 3.31. The largest absolute Gasteiger partial charge is 0.465 e. The van der Waals surface area contributed by atoms with Gasteiger partial charge in [-0.15, -0.1) is 0 Å². The molecule has 5 nitrogen and oxygen atoms in total. The zero-order valence-electron chi connectivity index (χ0n) is 10.5. The maximum atomic E-state index is 11.8. The lowest BCUT2D eigenvalue weighted by Crippen LogP contribution is -2.04. The number of nitriles is 1. The van der Waals surface area contributed by atoms with Crippen molar-refractivity contribution in [3.05, 3.63) is 41.1 Å². The lowest BCUT2D eigenvalue weighted by Gasteiger charge is -1.99. The maximum Gasteiger partial charge on any atom is 0.341 e. The van der Waals surface area contributed by atoms with E-state index in [4.69, 9.17) is 4.74 Å². The number of nitrogens with one attached hydrogen (secondary N) is 1. The molecule has 5 heteroatoms. The van der Waals surface area contributed by atoms with E-state index in [1.165, 1.54) is 7.11 Å². The number of hydrogen-bond donors (Lipinski definition) is 1. The number of nitrogens with zero attached hydrogens (tertiary/aromatic N) is 2. The molecule has 0 spiro atoms. The van der Waals surface area contributed by atoms with Gasteiger partial charge in [0.2, 0.25) is 0 Å². The van der Waals surface area contributed by atoms with Gasteiger partial charge in [0.1, 0.15) is 22.8 Å². The number of H-pyrrole nitrogens is 1. The van der Waals surface area contributed by atoms with Crippen molar-refractivity contribution < 1.29 is 9.53 Å². The molecule has 1 aromatic carbocycles. The number of rotatable bonds is 1. The molecule has 0 aliphatic rings. The Kier molecular flexibility index (Phi) is 2.32. The predicted molar refractivity (Wildman–Crippen MR) is 70.0 cm³/mol. The fourth-order valence-corrected chi connectivity index (χ4v) is 2.47. The number of ether oxygens (including phenoxy) is 1. The molecule has 0 saturated carbocycles. The Balaban J connectivity index is 2.52. The highest BCUT2D eigenvalue weighted by Crippen LogP contribution is 2.27. The van der Waals surface area contributed by atoms with Gasteiger partial charge in [-0.1, -0.05) is 12.1 Å². The van der Waals surface area contributed by atoms with Crippen LogP contribution in [0.15, 0.2) is 24.3 Å². The van der Waals surface area contributed by atoms with E-state index < -0.39 is 5.97 Å². The van der Waals surface area contributed by atoms with Crippen LogP contribution in [0.5, 0.6) is 0 Å². The van der Waals surface area contributed by atoms with E-state index in [1.807, 2.05) is 28.7 Å². The van der Waals surface area contributed by atoms with Crippen LogP contribution in [0, 0.1) is 18.3 Å². The van der Waals surface area contributed by atoms with Crippen LogP contribution >= 0.6 is 0 Å². The van der Waals surface area contributed by atoms with E-state index in [1.54, 1.807) is 6.92 Å². The third kappa shape index (κ3) is 1.37. The van der Waals surface area contributed by atoms with Gasteiger partial charge in [-0.05, 0) is 19.1 Å². The average molecular weight is 253 g/mol. The Morgan fingerprint density at radius 3 is 2.84 bits per heavy atom. The maximum absolute atomic E-state index is 11.8. The van der Waals surface area contributed by atoms with Crippen molar-refractivity contribution in [3.8, 4) is 6.07 Å². The number of aromatic amines is 1. The number of fused-ring (bicyclic) bond motifs is 3. The predicted octanol–water partition coefficient (Wildman–Crippen LogP) is 2.39. The number of para-hydroxylation sites is 2. The number of benzene rings is 1. The molecule has 0 saturated heterocycles. The first-order chi connectivity index (χ1) is 9.19. The summed E-state index contributed by atoms with van der Waals surface area (Å²) in [5.74, 6) is -0.491. The second-order valence-electron chi connectivity index (χ2n) is 4.26. The normalized spacial score (nSPS) is 10.8. The molecule has 2 heterocycles. The quantitative estimate of drug-likeness (QED) is 0.677. The molecule has 0 radical (unpaired) electrons. The van der Waals surface area contributed by atoms with Crippen molar-refractivity contribution in [3.63, 3.8) is 0 Å². The Bertz CT molecular complexity index is 849. The van der Waals surface area contributed by atoms with Crippen LogP contribution in [0.4, 0.5) is 0 Å². The van der Waals surface area contributed by atoms with Crippen molar-refractivity contribution in [2.45, 2.75) is 6.92 Å². The van der Waals surface area contributed by atoms with E-state index in [-0.39, 0.29) is 0 Å². The summed E-state index contributed by atoms with van der Waals surface area (Å²) >= 11 is 0. The molecule has 0 fully saturated rings. The van der Waals surface area contributed by atoms with Crippen LogP contribution in [-0.2, 0) is 4.74 Å². The molecule has 3 rings (SSSR count). The van der Waals surface area contributed by atoms with Gasteiger partial charge in [0.05, 0.1) is 18.1 Å².